The number of hydrogen-bond acceptors (Lipinski definition) is 8. The third kappa shape index (κ3) is 3.18. The molecule has 2 aromatic rings. The quantitative estimate of drug-likeness (QED) is 0.343. The van der Waals surface area contributed by atoms with Crippen LogP contribution in [0.1, 0.15) is 0 Å². The molecule has 1 aromatic carbocycles. The van der Waals surface area contributed by atoms with Crippen LogP contribution in [-0.4, -0.2) is 42.4 Å². The van der Waals surface area contributed by atoms with Crippen molar-refractivity contribution >= 4 is 42.1 Å². The van der Waals surface area contributed by atoms with E-state index < -0.39 is 24.3 Å². The molecule has 0 fully saturated rings. The summed E-state index contributed by atoms with van der Waals surface area (Å²) in [6.07, 6.45) is 0. The number of anilines is 4. The molecule has 8 N–H and O–H groups in total. The summed E-state index contributed by atoms with van der Waals surface area (Å²) in [5.41, 5.74) is 11.1. The number of rotatable bonds is 3. The molecule has 0 bridgehead atoms. The second-order valence-corrected chi connectivity index (χ2v) is 7.04. The van der Waals surface area contributed by atoms with Gasteiger partial charge in [0.05, 0.1) is 0 Å². The summed E-state index contributed by atoms with van der Waals surface area (Å²) >= 11 is -5.16. The van der Waals surface area contributed by atoms with E-state index in [4.69, 9.17) is 19.7 Å². The van der Waals surface area contributed by atoms with Gasteiger partial charge in [0.1, 0.15) is 0 Å². The van der Waals surface area contributed by atoms with Crippen molar-refractivity contribution in [1.29, 1.82) is 0 Å². The van der Waals surface area contributed by atoms with Crippen molar-refractivity contribution in [2.24, 2.45) is 0 Å². The van der Waals surface area contributed by atoms with Crippen molar-refractivity contribution in [3.63, 3.8) is 0 Å². The number of benzene rings is 1. The van der Waals surface area contributed by atoms with Crippen LogP contribution in [0.3, 0.4) is 0 Å². The van der Waals surface area contributed by atoms with E-state index in [1.54, 1.807) is 0 Å². The molecule has 0 spiro atoms. The Kier molecular flexibility index (Phi) is 3.53. The standard InChI is InChI=1S/C9H11AsN6O4/c11-7-14-8(12)16-9(15-7)13-4-1-2-5(6(17)3-4)10(18,19)20/h1-3,17H,(H2,18,19,20)(H5,11,12,13,14,15,16). The molecule has 0 amide bonds. The van der Waals surface area contributed by atoms with Gasteiger partial charge in [-0.25, -0.2) is 0 Å². The molecule has 0 aliphatic heterocycles. The van der Waals surface area contributed by atoms with Gasteiger partial charge in [-0.1, -0.05) is 0 Å². The normalized spacial score (nSPS) is 11.3. The number of nitrogens with zero attached hydrogens (tertiary/aromatic N) is 3. The number of nitrogens with one attached hydrogen (secondary N) is 1. The van der Waals surface area contributed by atoms with Gasteiger partial charge in [-0.2, -0.15) is 0 Å². The molecule has 0 aliphatic carbocycles. The van der Waals surface area contributed by atoms with Crippen LogP contribution in [0.4, 0.5) is 23.5 Å². The van der Waals surface area contributed by atoms with Gasteiger partial charge in [-0.3, -0.25) is 0 Å². The average molecular weight is 342 g/mol. The fourth-order valence-electron chi connectivity index (χ4n) is 1.44. The molecular weight excluding hydrogens is 331 g/mol. The zero-order valence-electron chi connectivity index (χ0n) is 9.93. The minimum atomic E-state index is -5.16. The number of aromatic nitrogens is 3. The van der Waals surface area contributed by atoms with Crippen LogP contribution in [-0.2, 0) is 3.74 Å². The summed E-state index contributed by atoms with van der Waals surface area (Å²) in [6.45, 7) is 0. The first-order chi connectivity index (χ1) is 9.25. The van der Waals surface area contributed by atoms with Crippen molar-refractivity contribution in [2.45, 2.75) is 0 Å². The Morgan fingerprint density at radius 1 is 1.10 bits per heavy atom. The second-order valence-electron chi connectivity index (χ2n) is 3.75. The molecule has 106 valence electrons. The van der Waals surface area contributed by atoms with E-state index in [2.05, 4.69) is 20.3 Å². The topological polar surface area (TPSA) is 180 Å². The van der Waals surface area contributed by atoms with E-state index in [1.165, 1.54) is 6.07 Å². The maximum atomic E-state index is 11.1. The number of hydrogen-bond donors (Lipinski definition) is 6. The SMILES string of the molecule is Nc1nc(N)nc(Nc2ccc([As](=O)(O)O)c(O)c2)n1. The Labute approximate surface area is 115 Å². The van der Waals surface area contributed by atoms with E-state index in [0.717, 1.165) is 12.1 Å². The molecule has 0 atom stereocenters. The van der Waals surface area contributed by atoms with Crippen molar-refractivity contribution in [3.8, 4) is 5.75 Å². The summed E-state index contributed by atoms with van der Waals surface area (Å²) in [4.78, 5) is 11.1. The van der Waals surface area contributed by atoms with E-state index in [1.807, 2.05) is 0 Å². The van der Waals surface area contributed by atoms with Gasteiger partial charge >= 0.3 is 115 Å². The number of phenolic OH excluding ortho intramolecular Hbond substituents is 1. The zero-order chi connectivity index (χ0) is 14.9. The predicted octanol–water partition coefficient (Wildman–Crippen LogP) is -1.95. The van der Waals surface area contributed by atoms with Crippen LogP contribution in [0.5, 0.6) is 5.75 Å². The van der Waals surface area contributed by atoms with Gasteiger partial charge in [-0.15, -0.1) is 0 Å². The van der Waals surface area contributed by atoms with Crippen molar-refractivity contribution in [2.75, 3.05) is 16.8 Å². The number of aromatic hydroxyl groups is 1. The molecule has 0 unspecified atom stereocenters. The van der Waals surface area contributed by atoms with Gasteiger partial charge in [-0.05, 0) is 0 Å². The molecule has 0 saturated heterocycles. The average Bonchev–Trinajstić information content (AvgIpc) is 2.25. The van der Waals surface area contributed by atoms with Gasteiger partial charge in [0, 0.05) is 0 Å². The number of phenols is 1. The zero-order valence-corrected chi connectivity index (χ0v) is 11.8. The summed E-state index contributed by atoms with van der Waals surface area (Å²) in [5.74, 6) is -0.653. The van der Waals surface area contributed by atoms with Crippen molar-refractivity contribution < 1.29 is 17.0 Å². The molecule has 0 saturated carbocycles. The molecule has 2 rings (SSSR count). The molecule has 1 aromatic heterocycles. The fourth-order valence-corrected chi connectivity index (χ4v) is 2.77. The molecule has 0 radical (unpaired) electrons. The van der Waals surface area contributed by atoms with Crippen LogP contribution in [0.2, 0.25) is 0 Å². The molecule has 0 aliphatic rings. The summed E-state index contributed by atoms with van der Waals surface area (Å²) in [6, 6.07) is 3.60. The van der Waals surface area contributed by atoms with E-state index in [-0.39, 0.29) is 17.8 Å². The maximum absolute atomic E-state index is 11.1. The van der Waals surface area contributed by atoms with E-state index in [9.17, 15) is 8.85 Å². The van der Waals surface area contributed by atoms with Crippen LogP contribution in [0.15, 0.2) is 18.2 Å². The first-order valence-electron chi connectivity index (χ1n) is 5.19. The first kappa shape index (κ1) is 14.1. The van der Waals surface area contributed by atoms with Crippen molar-refractivity contribution in [3.05, 3.63) is 18.2 Å². The van der Waals surface area contributed by atoms with Gasteiger partial charge in [0.15, 0.2) is 0 Å². The van der Waals surface area contributed by atoms with Gasteiger partial charge in [0.25, 0.3) is 0 Å². The van der Waals surface area contributed by atoms with Crippen LogP contribution in [0, 0.1) is 0 Å². The third-order valence-corrected chi connectivity index (χ3v) is 4.33. The van der Waals surface area contributed by atoms with Gasteiger partial charge < -0.3 is 0 Å². The Hall–Kier alpha value is -2.29. The first-order valence-corrected chi connectivity index (χ1v) is 8.57. The second kappa shape index (κ2) is 5.00. The van der Waals surface area contributed by atoms with Crippen molar-refractivity contribution in [1.82, 2.24) is 15.0 Å². The monoisotopic (exact) mass is 342 g/mol. The third-order valence-electron chi connectivity index (χ3n) is 2.22. The van der Waals surface area contributed by atoms with Gasteiger partial charge in [0.2, 0.25) is 0 Å². The molecule has 11 heteroatoms. The number of nitrogen functional groups attached to an aromatic ring is 2. The van der Waals surface area contributed by atoms with Crippen LogP contribution < -0.4 is 21.1 Å². The van der Waals surface area contributed by atoms with Crippen LogP contribution >= 0.6 is 0 Å². The molecule has 10 nitrogen and oxygen atoms in total. The van der Waals surface area contributed by atoms with E-state index >= 15 is 0 Å². The van der Waals surface area contributed by atoms with Crippen LogP contribution in [0.25, 0.3) is 0 Å². The summed E-state index contributed by atoms with van der Waals surface area (Å²) in [5, 5.41) is 12.3. The summed E-state index contributed by atoms with van der Waals surface area (Å²) < 4.78 is 28.8. The van der Waals surface area contributed by atoms with E-state index in [0.29, 0.717) is 5.69 Å². The Morgan fingerprint density at radius 3 is 2.20 bits per heavy atom. The molecular formula is C9H11AsN6O4. The predicted molar refractivity (Wildman–Crippen MR) is 70.6 cm³/mol. The Morgan fingerprint density at radius 2 is 1.70 bits per heavy atom. The Balaban J connectivity index is 2.31. The summed E-state index contributed by atoms with van der Waals surface area (Å²) in [7, 11) is 0. The molecule has 20 heavy (non-hydrogen) atoms. The Bertz CT molecular complexity index is 683. The molecule has 1 heterocycles. The fraction of sp³-hybridized carbons (Fsp3) is 0. The minimum absolute atomic E-state index is 0.0451. The number of nitrogens with two attached hydrogens (primary N) is 2.